The molecule has 0 aliphatic carbocycles. The van der Waals surface area contributed by atoms with Gasteiger partial charge in [0.1, 0.15) is 4.88 Å². The molecule has 1 amide bonds. The summed E-state index contributed by atoms with van der Waals surface area (Å²) in [5, 5.41) is 4.39. The van der Waals surface area contributed by atoms with Crippen LogP contribution in [0, 0.1) is 0 Å². The van der Waals surface area contributed by atoms with E-state index >= 15 is 0 Å². The van der Waals surface area contributed by atoms with E-state index < -0.39 is 0 Å². The van der Waals surface area contributed by atoms with E-state index in [0.29, 0.717) is 24.6 Å². The number of morpholine rings is 1. The third-order valence-electron chi connectivity index (χ3n) is 2.24. The zero-order valence-corrected chi connectivity index (χ0v) is 10.3. The summed E-state index contributed by atoms with van der Waals surface area (Å²) in [5.41, 5.74) is 0. The van der Waals surface area contributed by atoms with Crippen molar-refractivity contribution in [3.8, 4) is 0 Å². The number of nitrogens with zero attached hydrogens (tertiary/aromatic N) is 3. The van der Waals surface area contributed by atoms with Crippen molar-refractivity contribution in [2.75, 3.05) is 25.1 Å². The van der Waals surface area contributed by atoms with Gasteiger partial charge in [0.05, 0.1) is 25.5 Å². The van der Waals surface area contributed by atoms with Crippen LogP contribution in [0.15, 0.2) is 6.20 Å². The number of amides is 1. The lowest BCUT2D eigenvalue weighted by atomic mass is 10.2. The first kappa shape index (κ1) is 11.0. The maximum absolute atomic E-state index is 12.0. The largest absolute Gasteiger partial charge is 0.377 e. The van der Waals surface area contributed by atoms with E-state index in [1.165, 1.54) is 6.20 Å². The molecule has 0 saturated carbocycles. The Kier molecular flexibility index (Phi) is 3.66. The SMILES string of the molecule is O=C(c1cnns1)N1CCOCC1CBr. The minimum absolute atomic E-state index is 0.00208. The second kappa shape index (κ2) is 5.00. The van der Waals surface area contributed by atoms with Crippen molar-refractivity contribution in [3.05, 3.63) is 11.1 Å². The summed E-state index contributed by atoms with van der Waals surface area (Å²) in [7, 11) is 0. The van der Waals surface area contributed by atoms with E-state index in [0.717, 1.165) is 16.9 Å². The number of hydrogen-bond donors (Lipinski definition) is 0. The van der Waals surface area contributed by atoms with Crippen LogP contribution < -0.4 is 0 Å². The number of hydrogen-bond acceptors (Lipinski definition) is 5. The first-order chi connectivity index (χ1) is 7.33. The Bertz CT molecular complexity index is 333. The average molecular weight is 292 g/mol. The summed E-state index contributed by atoms with van der Waals surface area (Å²) < 4.78 is 9.01. The van der Waals surface area contributed by atoms with Crippen molar-refractivity contribution < 1.29 is 9.53 Å². The van der Waals surface area contributed by atoms with Gasteiger partial charge >= 0.3 is 0 Å². The lowest BCUT2D eigenvalue weighted by Crippen LogP contribution is -2.49. The molecule has 1 saturated heterocycles. The normalized spacial score (nSPS) is 21.7. The lowest BCUT2D eigenvalue weighted by molar-refractivity contribution is 0.00551. The van der Waals surface area contributed by atoms with Crippen LogP contribution in [0.1, 0.15) is 9.67 Å². The Morgan fingerprint density at radius 3 is 3.33 bits per heavy atom. The third-order valence-corrected chi connectivity index (χ3v) is 3.64. The van der Waals surface area contributed by atoms with Gasteiger partial charge in [0.25, 0.3) is 5.91 Å². The van der Waals surface area contributed by atoms with E-state index in [4.69, 9.17) is 4.74 Å². The molecule has 1 unspecified atom stereocenters. The highest BCUT2D eigenvalue weighted by Crippen LogP contribution is 2.15. The number of carbonyl (C=O) groups excluding carboxylic acids is 1. The summed E-state index contributed by atoms with van der Waals surface area (Å²) in [6, 6.07) is 0.105. The molecule has 0 N–H and O–H groups in total. The summed E-state index contributed by atoms with van der Waals surface area (Å²) in [6.45, 7) is 1.82. The van der Waals surface area contributed by atoms with Crippen molar-refractivity contribution in [2.45, 2.75) is 6.04 Å². The molecule has 7 heteroatoms. The smallest absolute Gasteiger partial charge is 0.267 e. The second-order valence-electron chi connectivity index (χ2n) is 3.16. The molecular weight excluding hydrogens is 282 g/mol. The molecular formula is C8H10BrN3O2S. The van der Waals surface area contributed by atoms with Crippen LogP contribution in [0.25, 0.3) is 0 Å². The molecule has 1 aromatic rings. The Balaban J connectivity index is 2.11. The molecule has 1 atom stereocenters. The summed E-state index contributed by atoms with van der Waals surface area (Å²) in [4.78, 5) is 14.4. The van der Waals surface area contributed by atoms with Gasteiger partial charge in [-0.1, -0.05) is 20.4 Å². The Morgan fingerprint density at radius 2 is 2.67 bits per heavy atom. The van der Waals surface area contributed by atoms with Gasteiger partial charge in [0.2, 0.25) is 0 Å². The Morgan fingerprint density at radius 1 is 1.80 bits per heavy atom. The van der Waals surface area contributed by atoms with E-state index in [9.17, 15) is 4.79 Å². The Hall–Kier alpha value is -0.530. The summed E-state index contributed by atoms with van der Waals surface area (Å²) >= 11 is 4.51. The molecule has 15 heavy (non-hydrogen) atoms. The lowest BCUT2D eigenvalue weighted by Gasteiger charge is -2.34. The van der Waals surface area contributed by atoms with Crippen LogP contribution in [0.3, 0.4) is 0 Å². The van der Waals surface area contributed by atoms with E-state index in [1.54, 1.807) is 0 Å². The van der Waals surface area contributed by atoms with Crippen LogP contribution in [-0.2, 0) is 4.74 Å². The zero-order valence-electron chi connectivity index (χ0n) is 7.93. The number of alkyl halides is 1. The minimum Gasteiger partial charge on any atom is -0.377 e. The van der Waals surface area contributed by atoms with Gasteiger partial charge in [-0.25, -0.2) is 0 Å². The van der Waals surface area contributed by atoms with Crippen LogP contribution in [0.4, 0.5) is 0 Å². The van der Waals surface area contributed by atoms with Gasteiger partial charge in [-0.15, -0.1) is 5.10 Å². The number of ether oxygens (including phenoxy) is 1. The van der Waals surface area contributed by atoms with Crippen LogP contribution in [0.5, 0.6) is 0 Å². The van der Waals surface area contributed by atoms with Crippen LogP contribution in [0.2, 0.25) is 0 Å². The van der Waals surface area contributed by atoms with Gasteiger partial charge in [0.15, 0.2) is 0 Å². The number of rotatable bonds is 2. The summed E-state index contributed by atoms with van der Waals surface area (Å²) in [6.07, 6.45) is 1.51. The van der Waals surface area contributed by atoms with Crippen LogP contribution in [-0.4, -0.2) is 51.5 Å². The van der Waals surface area contributed by atoms with E-state index in [-0.39, 0.29) is 11.9 Å². The van der Waals surface area contributed by atoms with E-state index in [1.807, 2.05) is 4.90 Å². The quantitative estimate of drug-likeness (QED) is 0.756. The molecule has 2 rings (SSSR count). The number of halogens is 1. The van der Waals surface area contributed by atoms with E-state index in [2.05, 4.69) is 25.5 Å². The van der Waals surface area contributed by atoms with Gasteiger partial charge in [-0.2, -0.15) is 0 Å². The molecule has 0 spiro atoms. The molecule has 82 valence electrons. The van der Waals surface area contributed by atoms with Gasteiger partial charge in [-0.3, -0.25) is 4.79 Å². The fourth-order valence-corrected chi connectivity index (χ4v) is 2.46. The second-order valence-corrected chi connectivity index (χ2v) is 4.60. The molecule has 0 aromatic carbocycles. The van der Waals surface area contributed by atoms with Gasteiger partial charge in [-0.05, 0) is 11.5 Å². The van der Waals surface area contributed by atoms with Crippen molar-refractivity contribution >= 4 is 33.4 Å². The van der Waals surface area contributed by atoms with Crippen molar-refractivity contribution in [1.29, 1.82) is 0 Å². The van der Waals surface area contributed by atoms with Crippen molar-refractivity contribution in [3.63, 3.8) is 0 Å². The Labute approximate surface area is 99.7 Å². The maximum Gasteiger partial charge on any atom is 0.267 e. The predicted octanol–water partition coefficient (Wildman–Crippen LogP) is 0.774. The predicted molar refractivity (Wildman–Crippen MR) is 59.3 cm³/mol. The number of carbonyl (C=O) groups is 1. The monoisotopic (exact) mass is 291 g/mol. The topological polar surface area (TPSA) is 55.3 Å². The highest BCUT2D eigenvalue weighted by atomic mass is 79.9. The highest BCUT2D eigenvalue weighted by Gasteiger charge is 2.28. The first-order valence-electron chi connectivity index (χ1n) is 4.55. The fourth-order valence-electron chi connectivity index (χ4n) is 1.45. The molecule has 1 aliphatic heterocycles. The standard InChI is InChI=1S/C8H10BrN3O2S/c9-3-6-5-14-2-1-12(6)8(13)7-4-10-11-15-7/h4,6H,1-3,5H2. The van der Waals surface area contributed by atoms with Gasteiger partial charge < -0.3 is 9.64 Å². The molecule has 0 bridgehead atoms. The first-order valence-corrected chi connectivity index (χ1v) is 6.44. The highest BCUT2D eigenvalue weighted by molar-refractivity contribution is 9.09. The summed E-state index contributed by atoms with van der Waals surface area (Å²) in [5.74, 6) is -0.00208. The fraction of sp³-hybridized carbons (Fsp3) is 0.625. The molecule has 0 radical (unpaired) electrons. The minimum atomic E-state index is -0.00208. The average Bonchev–Trinajstić information content (AvgIpc) is 2.81. The molecule has 5 nitrogen and oxygen atoms in total. The third kappa shape index (κ3) is 2.35. The maximum atomic E-state index is 12.0. The zero-order chi connectivity index (χ0) is 10.7. The molecule has 1 aliphatic rings. The van der Waals surface area contributed by atoms with Crippen molar-refractivity contribution in [2.24, 2.45) is 0 Å². The van der Waals surface area contributed by atoms with Crippen molar-refractivity contribution in [1.82, 2.24) is 14.5 Å². The van der Waals surface area contributed by atoms with Crippen LogP contribution >= 0.6 is 27.5 Å². The number of aromatic nitrogens is 2. The molecule has 2 heterocycles. The van der Waals surface area contributed by atoms with Gasteiger partial charge in [0, 0.05) is 11.9 Å². The molecule has 1 aromatic heterocycles. The molecule has 1 fully saturated rings.